The minimum absolute atomic E-state index is 0.0519. The molecular weight excluding hydrogens is 348 g/mol. The Balaban J connectivity index is 1.90. The highest BCUT2D eigenvalue weighted by atomic mass is 16.6. The number of fused-ring (bicyclic) bond motifs is 1. The van der Waals surface area contributed by atoms with Crippen LogP contribution in [0.1, 0.15) is 39.0 Å². The van der Waals surface area contributed by atoms with Crippen LogP contribution in [0.25, 0.3) is 10.9 Å². The molecule has 1 aromatic carbocycles. The molecule has 1 saturated heterocycles. The van der Waals surface area contributed by atoms with Crippen molar-refractivity contribution in [1.29, 1.82) is 0 Å². The summed E-state index contributed by atoms with van der Waals surface area (Å²) >= 11 is 0. The third-order valence-electron chi connectivity index (χ3n) is 4.97. The molecule has 0 N–H and O–H groups in total. The minimum Gasteiger partial charge on any atom is -0.378 e. The van der Waals surface area contributed by atoms with E-state index in [1.807, 2.05) is 4.90 Å². The van der Waals surface area contributed by atoms with E-state index < -0.39 is 4.92 Å². The van der Waals surface area contributed by atoms with Crippen LogP contribution in [0.5, 0.6) is 0 Å². The largest absolute Gasteiger partial charge is 0.378 e. The Hall–Kier alpha value is -2.48. The quantitative estimate of drug-likeness (QED) is 0.401. The molecule has 0 bridgehead atoms. The van der Waals surface area contributed by atoms with Gasteiger partial charge in [-0.2, -0.15) is 0 Å². The Morgan fingerprint density at radius 2 is 1.93 bits per heavy atom. The molecule has 0 unspecified atom stereocenters. The lowest BCUT2D eigenvalue weighted by Crippen LogP contribution is -2.36. The predicted octanol–water partition coefficient (Wildman–Crippen LogP) is 3.11. The van der Waals surface area contributed by atoms with Crippen molar-refractivity contribution in [3.63, 3.8) is 0 Å². The van der Waals surface area contributed by atoms with Crippen LogP contribution in [0, 0.1) is 10.1 Å². The summed E-state index contributed by atoms with van der Waals surface area (Å²) in [5.41, 5.74) is 0.727. The Labute approximate surface area is 157 Å². The van der Waals surface area contributed by atoms with Gasteiger partial charge in [-0.3, -0.25) is 19.5 Å². The molecule has 1 aliphatic heterocycles. The van der Waals surface area contributed by atoms with Gasteiger partial charge in [0.05, 0.1) is 35.4 Å². The van der Waals surface area contributed by atoms with E-state index in [4.69, 9.17) is 4.74 Å². The lowest BCUT2D eigenvalue weighted by Gasteiger charge is -2.28. The van der Waals surface area contributed by atoms with Gasteiger partial charge in [-0.25, -0.2) is 4.98 Å². The number of hydrogen-bond donors (Lipinski definition) is 0. The Kier molecular flexibility index (Phi) is 6.39. The molecule has 0 radical (unpaired) electrons. The van der Waals surface area contributed by atoms with Crippen molar-refractivity contribution >= 4 is 22.3 Å². The van der Waals surface area contributed by atoms with Gasteiger partial charge in [0.1, 0.15) is 5.69 Å². The molecule has 0 amide bonds. The molecule has 0 saturated carbocycles. The molecule has 0 atom stereocenters. The average Bonchev–Trinajstić information content (AvgIpc) is 2.69. The molecule has 1 fully saturated rings. The molecule has 1 aliphatic rings. The number of hydrogen-bond acceptors (Lipinski definition) is 6. The zero-order chi connectivity index (χ0) is 19.2. The summed E-state index contributed by atoms with van der Waals surface area (Å²) in [5.74, 6) is 0. The van der Waals surface area contributed by atoms with E-state index in [0.717, 1.165) is 19.3 Å². The summed E-state index contributed by atoms with van der Waals surface area (Å²) < 4.78 is 6.89. The van der Waals surface area contributed by atoms with Crippen molar-refractivity contribution in [2.45, 2.75) is 45.6 Å². The van der Waals surface area contributed by atoms with Gasteiger partial charge in [-0.05, 0) is 12.5 Å². The lowest BCUT2D eigenvalue weighted by molar-refractivity contribution is -0.384. The van der Waals surface area contributed by atoms with E-state index in [-0.39, 0.29) is 11.2 Å². The van der Waals surface area contributed by atoms with Gasteiger partial charge in [-0.15, -0.1) is 0 Å². The summed E-state index contributed by atoms with van der Waals surface area (Å²) in [6.07, 6.45) is 7.05. The number of benzene rings is 1. The van der Waals surface area contributed by atoms with E-state index in [1.165, 1.54) is 18.9 Å². The smallest absolute Gasteiger partial charge is 0.293 e. The Bertz CT molecular complexity index is 859. The SMILES string of the molecule is CCCCCCCn1cnc2cc(N3CCOCC3)c([N+](=O)[O-])cc2c1=O. The molecule has 146 valence electrons. The van der Waals surface area contributed by atoms with Gasteiger partial charge in [0.25, 0.3) is 11.2 Å². The van der Waals surface area contributed by atoms with E-state index in [0.29, 0.717) is 49.4 Å². The lowest BCUT2D eigenvalue weighted by atomic mass is 10.1. The molecule has 3 rings (SSSR count). The highest BCUT2D eigenvalue weighted by Crippen LogP contribution is 2.31. The first-order valence-corrected chi connectivity index (χ1v) is 9.62. The van der Waals surface area contributed by atoms with Crippen molar-refractivity contribution in [2.75, 3.05) is 31.2 Å². The molecule has 8 nitrogen and oxygen atoms in total. The summed E-state index contributed by atoms with van der Waals surface area (Å²) in [7, 11) is 0. The monoisotopic (exact) mass is 374 g/mol. The number of nitro groups is 1. The van der Waals surface area contributed by atoms with Crippen LogP contribution in [0.15, 0.2) is 23.3 Å². The number of unbranched alkanes of at least 4 members (excludes halogenated alkanes) is 4. The summed E-state index contributed by atoms with van der Waals surface area (Å²) in [6, 6.07) is 3.04. The second kappa shape index (κ2) is 8.94. The number of nitro benzene ring substituents is 1. The zero-order valence-corrected chi connectivity index (χ0v) is 15.7. The van der Waals surface area contributed by atoms with Crippen LogP contribution in [-0.4, -0.2) is 40.8 Å². The van der Waals surface area contributed by atoms with Crippen LogP contribution >= 0.6 is 0 Å². The van der Waals surface area contributed by atoms with Gasteiger partial charge in [0.2, 0.25) is 0 Å². The van der Waals surface area contributed by atoms with Crippen molar-refractivity contribution in [3.8, 4) is 0 Å². The number of ether oxygens (including phenoxy) is 1. The van der Waals surface area contributed by atoms with Crippen LogP contribution < -0.4 is 10.5 Å². The molecule has 8 heteroatoms. The second-order valence-electron chi connectivity index (χ2n) is 6.87. The van der Waals surface area contributed by atoms with Crippen molar-refractivity contribution in [1.82, 2.24) is 9.55 Å². The van der Waals surface area contributed by atoms with Crippen LogP contribution in [-0.2, 0) is 11.3 Å². The highest BCUT2D eigenvalue weighted by Gasteiger charge is 2.23. The fraction of sp³-hybridized carbons (Fsp3) is 0.579. The zero-order valence-electron chi connectivity index (χ0n) is 15.7. The number of morpholine rings is 1. The molecular formula is C19H26N4O4. The maximum Gasteiger partial charge on any atom is 0.293 e. The normalized spacial score (nSPS) is 14.6. The molecule has 2 heterocycles. The van der Waals surface area contributed by atoms with Gasteiger partial charge in [0, 0.05) is 25.7 Å². The summed E-state index contributed by atoms with van der Waals surface area (Å²) in [4.78, 5) is 30.3. The molecule has 1 aromatic heterocycles. The van der Waals surface area contributed by atoms with Gasteiger partial charge in [-0.1, -0.05) is 32.6 Å². The molecule has 2 aromatic rings. The topological polar surface area (TPSA) is 90.5 Å². The number of rotatable bonds is 8. The fourth-order valence-electron chi connectivity index (χ4n) is 3.43. The Morgan fingerprint density at radius 3 is 2.63 bits per heavy atom. The first-order valence-electron chi connectivity index (χ1n) is 9.62. The maximum absolute atomic E-state index is 12.8. The standard InChI is InChI=1S/C19H26N4O4/c1-2-3-4-5-6-7-22-14-20-16-13-17(21-8-10-27-11-9-21)18(23(25)26)12-15(16)19(22)24/h12-14H,2-11H2,1H3. The first kappa shape index (κ1) is 19.3. The van der Waals surface area contributed by atoms with Gasteiger partial charge < -0.3 is 9.64 Å². The minimum atomic E-state index is -0.425. The molecule has 0 aliphatic carbocycles. The van der Waals surface area contributed by atoms with Crippen molar-refractivity contribution in [2.24, 2.45) is 0 Å². The third-order valence-corrected chi connectivity index (χ3v) is 4.97. The van der Waals surface area contributed by atoms with E-state index >= 15 is 0 Å². The predicted molar refractivity (Wildman–Crippen MR) is 104 cm³/mol. The van der Waals surface area contributed by atoms with Crippen LogP contribution in [0.3, 0.4) is 0 Å². The first-order chi connectivity index (χ1) is 13.1. The van der Waals surface area contributed by atoms with Crippen molar-refractivity contribution in [3.05, 3.63) is 38.9 Å². The van der Waals surface area contributed by atoms with Crippen molar-refractivity contribution < 1.29 is 9.66 Å². The number of aryl methyl sites for hydroxylation is 1. The third kappa shape index (κ3) is 4.44. The maximum atomic E-state index is 12.8. The summed E-state index contributed by atoms with van der Waals surface area (Å²) in [5, 5.41) is 11.9. The van der Waals surface area contributed by atoms with E-state index in [9.17, 15) is 14.9 Å². The number of anilines is 1. The summed E-state index contributed by atoms with van der Waals surface area (Å²) in [6.45, 7) is 4.98. The molecule has 27 heavy (non-hydrogen) atoms. The van der Waals surface area contributed by atoms with Crippen LogP contribution in [0.2, 0.25) is 0 Å². The molecule has 0 spiro atoms. The number of nitrogens with zero attached hydrogens (tertiary/aromatic N) is 4. The van der Waals surface area contributed by atoms with Gasteiger partial charge >= 0.3 is 0 Å². The van der Waals surface area contributed by atoms with Gasteiger partial charge in [0.15, 0.2) is 0 Å². The highest BCUT2D eigenvalue weighted by molar-refractivity contribution is 5.87. The second-order valence-corrected chi connectivity index (χ2v) is 6.87. The van der Waals surface area contributed by atoms with E-state index in [1.54, 1.807) is 17.0 Å². The number of aromatic nitrogens is 2. The Morgan fingerprint density at radius 1 is 1.19 bits per heavy atom. The fourth-order valence-corrected chi connectivity index (χ4v) is 3.43. The van der Waals surface area contributed by atoms with E-state index in [2.05, 4.69) is 11.9 Å². The van der Waals surface area contributed by atoms with Crippen LogP contribution in [0.4, 0.5) is 11.4 Å². The average molecular weight is 374 g/mol.